The molecule has 0 saturated heterocycles. The summed E-state index contributed by atoms with van der Waals surface area (Å²) in [6, 6.07) is 5.89. The van der Waals surface area contributed by atoms with Crippen LogP contribution >= 0.6 is 11.3 Å². The number of aliphatic imine (C=N–C) groups is 1. The third-order valence-corrected chi connectivity index (χ3v) is 2.55. The van der Waals surface area contributed by atoms with E-state index >= 15 is 0 Å². The van der Waals surface area contributed by atoms with Crippen molar-refractivity contribution < 1.29 is 4.74 Å². The van der Waals surface area contributed by atoms with Crippen LogP contribution in [0.3, 0.4) is 0 Å². The van der Waals surface area contributed by atoms with Crippen LogP contribution in [0.4, 0.5) is 5.69 Å². The van der Waals surface area contributed by atoms with Gasteiger partial charge in [-0.1, -0.05) is 0 Å². The summed E-state index contributed by atoms with van der Waals surface area (Å²) >= 11 is 1.61. The summed E-state index contributed by atoms with van der Waals surface area (Å²) in [6.45, 7) is 2.57. The highest BCUT2D eigenvalue weighted by molar-refractivity contribution is 7.16. The number of fused-ring (bicyclic) bond motifs is 1. The Morgan fingerprint density at radius 2 is 2.50 bits per heavy atom. The van der Waals surface area contributed by atoms with Gasteiger partial charge in [-0.2, -0.15) is 0 Å². The molecule has 0 aliphatic rings. The Hall–Kier alpha value is -1.42. The monoisotopic (exact) mass is 206 g/mol. The SMILES string of the molecule is CCOC=Nc1ccc2ncsc2c1. The van der Waals surface area contributed by atoms with Gasteiger partial charge in [-0.15, -0.1) is 11.3 Å². The lowest BCUT2D eigenvalue weighted by atomic mass is 10.3. The summed E-state index contributed by atoms with van der Waals surface area (Å²) < 4.78 is 6.18. The van der Waals surface area contributed by atoms with Crippen molar-refractivity contribution in [2.45, 2.75) is 6.92 Å². The number of ether oxygens (including phenoxy) is 1. The second kappa shape index (κ2) is 4.19. The molecule has 14 heavy (non-hydrogen) atoms. The first-order chi connectivity index (χ1) is 6.90. The first-order valence-corrected chi connectivity index (χ1v) is 5.25. The van der Waals surface area contributed by atoms with Crippen molar-refractivity contribution in [3.8, 4) is 0 Å². The Kier molecular flexibility index (Phi) is 2.74. The Balaban J connectivity index is 2.25. The molecule has 0 fully saturated rings. The third kappa shape index (κ3) is 1.90. The average molecular weight is 206 g/mol. The summed E-state index contributed by atoms with van der Waals surface area (Å²) in [5.41, 5.74) is 3.75. The van der Waals surface area contributed by atoms with E-state index < -0.39 is 0 Å². The fourth-order valence-electron chi connectivity index (χ4n) is 1.10. The summed E-state index contributed by atoms with van der Waals surface area (Å²) in [7, 11) is 0. The van der Waals surface area contributed by atoms with E-state index in [9.17, 15) is 0 Å². The molecule has 0 spiro atoms. The maximum absolute atomic E-state index is 5.03. The molecular weight excluding hydrogens is 196 g/mol. The zero-order chi connectivity index (χ0) is 9.80. The van der Waals surface area contributed by atoms with Crippen molar-refractivity contribution in [3.63, 3.8) is 0 Å². The van der Waals surface area contributed by atoms with E-state index in [0.29, 0.717) is 6.61 Å². The van der Waals surface area contributed by atoms with Gasteiger partial charge in [-0.05, 0) is 25.1 Å². The molecule has 0 radical (unpaired) electrons. The molecule has 1 aromatic carbocycles. The maximum atomic E-state index is 5.03. The molecule has 0 bridgehead atoms. The smallest absolute Gasteiger partial charge is 0.174 e. The lowest BCUT2D eigenvalue weighted by Gasteiger charge is -1.94. The second-order valence-electron chi connectivity index (χ2n) is 2.69. The van der Waals surface area contributed by atoms with E-state index in [1.54, 1.807) is 11.3 Å². The summed E-state index contributed by atoms with van der Waals surface area (Å²) in [4.78, 5) is 8.35. The number of hydrogen-bond acceptors (Lipinski definition) is 4. The van der Waals surface area contributed by atoms with Crippen molar-refractivity contribution in [2.24, 2.45) is 4.99 Å². The molecule has 0 aliphatic carbocycles. The molecule has 0 N–H and O–H groups in total. The molecule has 0 amide bonds. The van der Waals surface area contributed by atoms with E-state index in [1.165, 1.54) is 6.40 Å². The molecule has 2 aromatic rings. The van der Waals surface area contributed by atoms with Gasteiger partial charge in [0, 0.05) is 0 Å². The molecule has 72 valence electrons. The number of nitrogens with zero attached hydrogens (tertiary/aromatic N) is 2. The van der Waals surface area contributed by atoms with Crippen LogP contribution in [0.5, 0.6) is 0 Å². The first-order valence-electron chi connectivity index (χ1n) is 4.37. The maximum Gasteiger partial charge on any atom is 0.174 e. The van der Waals surface area contributed by atoms with Crippen LogP contribution in [0, 0.1) is 0 Å². The normalized spacial score (nSPS) is 11.2. The molecular formula is C10H10N2OS. The van der Waals surface area contributed by atoms with Gasteiger partial charge < -0.3 is 4.74 Å². The molecule has 3 nitrogen and oxygen atoms in total. The van der Waals surface area contributed by atoms with Crippen LogP contribution in [0.15, 0.2) is 28.7 Å². The molecule has 1 heterocycles. The predicted octanol–water partition coefficient (Wildman–Crippen LogP) is 2.99. The van der Waals surface area contributed by atoms with Crippen molar-refractivity contribution in [2.75, 3.05) is 6.61 Å². The van der Waals surface area contributed by atoms with Gasteiger partial charge in [-0.25, -0.2) is 9.98 Å². The predicted molar refractivity (Wildman–Crippen MR) is 59.4 cm³/mol. The number of aromatic nitrogens is 1. The highest BCUT2D eigenvalue weighted by Crippen LogP contribution is 2.23. The quantitative estimate of drug-likeness (QED) is 0.571. The zero-order valence-corrected chi connectivity index (χ0v) is 8.62. The number of benzene rings is 1. The number of rotatable bonds is 3. The van der Waals surface area contributed by atoms with E-state index in [-0.39, 0.29) is 0 Å². The Morgan fingerprint density at radius 1 is 1.57 bits per heavy atom. The lowest BCUT2D eigenvalue weighted by Crippen LogP contribution is -1.83. The van der Waals surface area contributed by atoms with Gasteiger partial charge in [0.25, 0.3) is 0 Å². The van der Waals surface area contributed by atoms with Crippen LogP contribution in [-0.2, 0) is 4.74 Å². The van der Waals surface area contributed by atoms with E-state index in [2.05, 4.69) is 9.98 Å². The molecule has 0 atom stereocenters. The largest absolute Gasteiger partial charge is 0.483 e. The highest BCUT2D eigenvalue weighted by atomic mass is 32.1. The van der Waals surface area contributed by atoms with Crippen LogP contribution in [0.2, 0.25) is 0 Å². The van der Waals surface area contributed by atoms with E-state index in [1.807, 2.05) is 30.6 Å². The Labute approximate surface area is 86.1 Å². The topological polar surface area (TPSA) is 34.5 Å². The fraction of sp³-hybridized carbons (Fsp3) is 0.200. The van der Waals surface area contributed by atoms with Gasteiger partial charge >= 0.3 is 0 Å². The fourth-order valence-corrected chi connectivity index (χ4v) is 1.81. The minimum Gasteiger partial charge on any atom is -0.483 e. The highest BCUT2D eigenvalue weighted by Gasteiger charge is 1.96. The van der Waals surface area contributed by atoms with Crippen molar-refractivity contribution in [3.05, 3.63) is 23.7 Å². The number of thiazole rings is 1. The Bertz CT molecular complexity index is 450. The van der Waals surface area contributed by atoms with Gasteiger partial charge in [0.05, 0.1) is 28.0 Å². The molecule has 0 saturated carbocycles. The second-order valence-corrected chi connectivity index (χ2v) is 3.58. The van der Waals surface area contributed by atoms with Crippen molar-refractivity contribution >= 4 is 33.6 Å². The van der Waals surface area contributed by atoms with E-state index in [4.69, 9.17) is 4.74 Å². The van der Waals surface area contributed by atoms with Crippen molar-refractivity contribution in [1.29, 1.82) is 0 Å². The lowest BCUT2D eigenvalue weighted by molar-refractivity contribution is 0.344. The van der Waals surface area contributed by atoms with Gasteiger partial charge in [0.2, 0.25) is 0 Å². The van der Waals surface area contributed by atoms with Gasteiger partial charge in [-0.3, -0.25) is 0 Å². The number of hydrogen-bond donors (Lipinski definition) is 0. The molecule has 0 aliphatic heterocycles. The average Bonchev–Trinajstić information content (AvgIpc) is 2.65. The molecule has 1 aromatic heterocycles. The van der Waals surface area contributed by atoms with Crippen molar-refractivity contribution in [1.82, 2.24) is 4.98 Å². The van der Waals surface area contributed by atoms with Crippen LogP contribution < -0.4 is 0 Å². The van der Waals surface area contributed by atoms with Crippen LogP contribution in [0.25, 0.3) is 10.2 Å². The first kappa shape index (κ1) is 9.15. The van der Waals surface area contributed by atoms with Crippen LogP contribution in [-0.4, -0.2) is 18.0 Å². The standard InChI is InChI=1S/C10H10N2OS/c1-2-13-6-11-8-3-4-9-10(5-8)14-7-12-9/h3-7H,2H2,1H3. The molecule has 4 heteroatoms. The Morgan fingerprint density at radius 3 is 3.36 bits per heavy atom. The minimum atomic E-state index is 0.645. The summed E-state index contributed by atoms with van der Waals surface area (Å²) in [5.74, 6) is 0. The van der Waals surface area contributed by atoms with Gasteiger partial charge in [0.15, 0.2) is 6.40 Å². The van der Waals surface area contributed by atoms with Gasteiger partial charge in [0.1, 0.15) is 0 Å². The zero-order valence-electron chi connectivity index (χ0n) is 7.80. The molecule has 0 unspecified atom stereocenters. The van der Waals surface area contributed by atoms with Crippen LogP contribution in [0.1, 0.15) is 6.92 Å². The minimum absolute atomic E-state index is 0.645. The summed E-state index contributed by atoms with van der Waals surface area (Å²) in [5, 5.41) is 0. The van der Waals surface area contributed by atoms with E-state index in [0.717, 1.165) is 15.9 Å². The summed E-state index contributed by atoms with van der Waals surface area (Å²) in [6.07, 6.45) is 1.47. The molecule has 2 rings (SSSR count). The third-order valence-electron chi connectivity index (χ3n) is 1.76.